The molecule has 3 aromatic rings. The predicted octanol–water partition coefficient (Wildman–Crippen LogP) is 1.14. The van der Waals surface area contributed by atoms with Gasteiger partial charge in [0.15, 0.2) is 11.5 Å². The fraction of sp³-hybridized carbons (Fsp3) is 0.294. The molecule has 0 atom stereocenters. The molecule has 1 N–H and O–H groups in total. The van der Waals surface area contributed by atoms with Crippen molar-refractivity contribution < 1.29 is 14.3 Å². The number of hydrogen-bond donors (Lipinski definition) is 1. The monoisotopic (exact) mass is 354 g/mol. The number of aromatic amines is 1. The predicted molar refractivity (Wildman–Crippen MR) is 92.2 cm³/mol. The molecule has 0 bridgehead atoms. The maximum atomic E-state index is 12.8. The van der Waals surface area contributed by atoms with E-state index in [0.29, 0.717) is 43.7 Å². The molecule has 0 saturated carbocycles. The number of H-pyrrole nitrogens is 1. The van der Waals surface area contributed by atoms with Crippen LogP contribution in [0.5, 0.6) is 5.88 Å². The number of nitrogens with one attached hydrogen (secondary N) is 1. The van der Waals surface area contributed by atoms with E-state index in [1.807, 2.05) is 18.3 Å². The summed E-state index contributed by atoms with van der Waals surface area (Å²) in [7, 11) is 1.53. The molecule has 0 aromatic carbocycles. The van der Waals surface area contributed by atoms with Crippen LogP contribution in [0.1, 0.15) is 10.5 Å². The summed E-state index contributed by atoms with van der Waals surface area (Å²) in [5.74, 6) is 0.782. The number of nitrogens with zero attached hydrogens (tertiary/aromatic N) is 5. The largest absolute Gasteiger partial charge is 0.480 e. The SMILES string of the molecule is COc1ccc(-n2nc(C(=O)N3CCOCC3)cc2-c2ccc[nH]2)nn1. The molecule has 1 aliphatic heterocycles. The second-order valence-electron chi connectivity index (χ2n) is 5.75. The van der Waals surface area contributed by atoms with E-state index in [2.05, 4.69) is 20.3 Å². The first-order valence-corrected chi connectivity index (χ1v) is 8.25. The topological polar surface area (TPSA) is 98.2 Å². The van der Waals surface area contributed by atoms with Gasteiger partial charge in [-0.3, -0.25) is 4.79 Å². The summed E-state index contributed by atoms with van der Waals surface area (Å²) in [5, 5.41) is 12.6. The molecule has 1 amide bonds. The van der Waals surface area contributed by atoms with Crippen molar-refractivity contribution in [1.29, 1.82) is 0 Å². The Balaban J connectivity index is 1.74. The van der Waals surface area contributed by atoms with Crippen LogP contribution in [0.25, 0.3) is 17.2 Å². The lowest BCUT2D eigenvalue weighted by molar-refractivity contribution is 0.0298. The van der Waals surface area contributed by atoms with Gasteiger partial charge in [0.25, 0.3) is 5.91 Å². The highest BCUT2D eigenvalue weighted by Crippen LogP contribution is 2.23. The molecule has 26 heavy (non-hydrogen) atoms. The second-order valence-corrected chi connectivity index (χ2v) is 5.75. The van der Waals surface area contributed by atoms with Gasteiger partial charge in [-0.25, -0.2) is 4.68 Å². The van der Waals surface area contributed by atoms with Crippen molar-refractivity contribution in [1.82, 2.24) is 29.9 Å². The Morgan fingerprint density at radius 1 is 1.23 bits per heavy atom. The average Bonchev–Trinajstić information content (AvgIpc) is 3.38. The molecular weight excluding hydrogens is 336 g/mol. The van der Waals surface area contributed by atoms with E-state index >= 15 is 0 Å². The number of carbonyl (C=O) groups is 1. The Morgan fingerprint density at radius 3 is 2.73 bits per heavy atom. The summed E-state index contributed by atoms with van der Waals surface area (Å²) in [6.45, 7) is 2.21. The van der Waals surface area contributed by atoms with Crippen LogP contribution in [0.3, 0.4) is 0 Å². The van der Waals surface area contributed by atoms with Crippen LogP contribution < -0.4 is 4.74 Å². The smallest absolute Gasteiger partial charge is 0.274 e. The Kier molecular flexibility index (Phi) is 4.36. The van der Waals surface area contributed by atoms with Crippen LogP contribution >= 0.6 is 0 Å². The first-order valence-electron chi connectivity index (χ1n) is 8.25. The Morgan fingerprint density at radius 2 is 2.08 bits per heavy atom. The number of hydrogen-bond acceptors (Lipinski definition) is 6. The molecule has 1 saturated heterocycles. The van der Waals surface area contributed by atoms with Gasteiger partial charge in [-0.1, -0.05) is 0 Å². The normalized spacial score (nSPS) is 14.4. The van der Waals surface area contributed by atoms with Crippen molar-refractivity contribution in [3.8, 4) is 23.1 Å². The van der Waals surface area contributed by atoms with Crippen LogP contribution in [-0.2, 0) is 4.74 Å². The number of methoxy groups -OCH3 is 1. The fourth-order valence-electron chi connectivity index (χ4n) is 2.81. The van der Waals surface area contributed by atoms with Crippen molar-refractivity contribution in [3.05, 3.63) is 42.2 Å². The standard InChI is InChI=1S/C17H18N6O3/c1-25-16-5-4-15(19-20-16)23-14(12-3-2-6-18-12)11-13(21-23)17(24)22-7-9-26-10-8-22/h2-6,11,18H,7-10H2,1H3. The van der Waals surface area contributed by atoms with Crippen molar-refractivity contribution in [2.45, 2.75) is 0 Å². The Bertz CT molecular complexity index is 882. The van der Waals surface area contributed by atoms with Gasteiger partial charge in [0, 0.05) is 25.4 Å². The highest BCUT2D eigenvalue weighted by molar-refractivity contribution is 5.93. The summed E-state index contributed by atoms with van der Waals surface area (Å²) in [6, 6.07) is 9.00. The first kappa shape index (κ1) is 16.3. The van der Waals surface area contributed by atoms with E-state index in [9.17, 15) is 4.79 Å². The molecule has 0 aliphatic carbocycles. The van der Waals surface area contributed by atoms with Crippen molar-refractivity contribution in [2.75, 3.05) is 33.4 Å². The lowest BCUT2D eigenvalue weighted by atomic mass is 10.2. The molecule has 1 fully saturated rings. The fourth-order valence-corrected chi connectivity index (χ4v) is 2.81. The van der Waals surface area contributed by atoms with Gasteiger partial charge in [-0.05, 0) is 24.3 Å². The maximum absolute atomic E-state index is 12.8. The van der Waals surface area contributed by atoms with Gasteiger partial charge in [-0.15, -0.1) is 10.2 Å². The lowest BCUT2D eigenvalue weighted by Gasteiger charge is -2.25. The lowest BCUT2D eigenvalue weighted by Crippen LogP contribution is -2.40. The second kappa shape index (κ2) is 6.96. The van der Waals surface area contributed by atoms with Gasteiger partial charge in [0.1, 0.15) is 0 Å². The summed E-state index contributed by atoms with van der Waals surface area (Å²) in [5.41, 5.74) is 1.91. The third kappa shape index (κ3) is 3.04. The van der Waals surface area contributed by atoms with E-state index in [4.69, 9.17) is 9.47 Å². The van der Waals surface area contributed by atoms with E-state index < -0.39 is 0 Å². The molecule has 134 valence electrons. The van der Waals surface area contributed by atoms with Gasteiger partial charge < -0.3 is 19.4 Å². The van der Waals surface area contributed by atoms with Crippen LogP contribution in [0.4, 0.5) is 0 Å². The number of ether oxygens (including phenoxy) is 2. The van der Waals surface area contributed by atoms with Gasteiger partial charge in [-0.2, -0.15) is 5.10 Å². The van der Waals surface area contributed by atoms with Crippen molar-refractivity contribution >= 4 is 5.91 Å². The molecule has 4 rings (SSSR count). The summed E-state index contributed by atoms with van der Waals surface area (Å²) < 4.78 is 12.0. The summed E-state index contributed by atoms with van der Waals surface area (Å²) in [4.78, 5) is 17.7. The Labute approximate surface area is 149 Å². The zero-order valence-corrected chi connectivity index (χ0v) is 14.3. The number of amides is 1. The highest BCUT2D eigenvalue weighted by atomic mass is 16.5. The molecule has 0 radical (unpaired) electrons. The zero-order valence-electron chi connectivity index (χ0n) is 14.3. The van der Waals surface area contributed by atoms with Crippen LogP contribution in [0.2, 0.25) is 0 Å². The average molecular weight is 354 g/mol. The van der Waals surface area contributed by atoms with E-state index in [0.717, 1.165) is 11.4 Å². The summed E-state index contributed by atoms with van der Waals surface area (Å²) >= 11 is 0. The number of aromatic nitrogens is 5. The summed E-state index contributed by atoms with van der Waals surface area (Å²) in [6.07, 6.45) is 1.82. The molecule has 0 unspecified atom stereocenters. The third-order valence-electron chi connectivity index (χ3n) is 4.15. The Hall–Kier alpha value is -3.20. The van der Waals surface area contributed by atoms with Crippen molar-refractivity contribution in [2.24, 2.45) is 0 Å². The van der Waals surface area contributed by atoms with Gasteiger partial charge >= 0.3 is 0 Å². The minimum atomic E-state index is -0.124. The van der Waals surface area contributed by atoms with E-state index in [-0.39, 0.29) is 5.91 Å². The van der Waals surface area contributed by atoms with Crippen LogP contribution in [0.15, 0.2) is 36.5 Å². The van der Waals surface area contributed by atoms with Crippen LogP contribution in [0, 0.1) is 0 Å². The minimum absolute atomic E-state index is 0.124. The highest BCUT2D eigenvalue weighted by Gasteiger charge is 2.24. The molecule has 3 aromatic heterocycles. The first-order chi connectivity index (χ1) is 12.8. The maximum Gasteiger partial charge on any atom is 0.274 e. The van der Waals surface area contributed by atoms with Crippen molar-refractivity contribution in [3.63, 3.8) is 0 Å². The van der Waals surface area contributed by atoms with Gasteiger partial charge in [0.2, 0.25) is 5.88 Å². The number of carbonyl (C=O) groups excluding carboxylic acids is 1. The molecule has 0 spiro atoms. The number of morpholine rings is 1. The molecule has 9 nitrogen and oxygen atoms in total. The minimum Gasteiger partial charge on any atom is -0.480 e. The van der Waals surface area contributed by atoms with Crippen LogP contribution in [-0.4, -0.2) is 69.2 Å². The quantitative estimate of drug-likeness (QED) is 0.754. The molecule has 9 heteroatoms. The zero-order chi connectivity index (χ0) is 17.9. The molecular formula is C17H18N6O3. The van der Waals surface area contributed by atoms with Gasteiger partial charge in [0.05, 0.1) is 31.7 Å². The third-order valence-corrected chi connectivity index (χ3v) is 4.15. The van der Waals surface area contributed by atoms with E-state index in [1.54, 1.807) is 27.8 Å². The molecule has 4 heterocycles. The van der Waals surface area contributed by atoms with E-state index in [1.165, 1.54) is 7.11 Å². The number of rotatable bonds is 4. The molecule has 1 aliphatic rings.